The topological polar surface area (TPSA) is 184 Å². The minimum atomic E-state index is -1.79. The maximum atomic E-state index is 12.0. The summed E-state index contributed by atoms with van der Waals surface area (Å²) in [5, 5.41) is 0. The van der Waals surface area contributed by atoms with E-state index in [0.717, 1.165) is 48.5 Å². The number of hydrogen-bond donors (Lipinski definition) is 0. The molecule has 0 heterocycles. The molecule has 0 aliphatic heterocycles. The normalized spacial score (nSPS) is 13.8. The van der Waals surface area contributed by atoms with E-state index in [9.17, 15) is 33.6 Å². The van der Waals surface area contributed by atoms with Crippen LogP contribution in [0.1, 0.15) is 48.5 Å². The molecule has 14 nitrogen and oxygen atoms in total. The number of carbonyl (C=O) groups excluding carboxylic acids is 7. The molecule has 0 saturated heterocycles. The van der Waals surface area contributed by atoms with Crippen LogP contribution in [0.2, 0.25) is 0 Å². The molecule has 198 valence electrons. The van der Waals surface area contributed by atoms with Gasteiger partial charge in [-0.15, -0.1) is 0 Å². The second-order valence-corrected chi connectivity index (χ2v) is 7.12. The van der Waals surface area contributed by atoms with Crippen LogP contribution in [0, 0.1) is 0 Å². The molecule has 0 aliphatic carbocycles. The van der Waals surface area contributed by atoms with Crippen molar-refractivity contribution in [2.45, 2.75) is 79.0 Å². The van der Waals surface area contributed by atoms with Gasteiger partial charge in [0.05, 0.1) is 0 Å². The summed E-state index contributed by atoms with van der Waals surface area (Å²) in [7, 11) is 0. The van der Waals surface area contributed by atoms with Crippen LogP contribution in [0.4, 0.5) is 0 Å². The lowest BCUT2D eigenvalue weighted by atomic mass is 9.98. The summed E-state index contributed by atoms with van der Waals surface area (Å²) < 4.78 is 35.7. The van der Waals surface area contributed by atoms with Gasteiger partial charge in [-0.1, -0.05) is 0 Å². The van der Waals surface area contributed by atoms with E-state index in [2.05, 4.69) is 0 Å². The van der Waals surface area contributed by atoms with Crippen molar-refractivity contribution >= 4 is 41.8 Å². The van der Waals surface area contributed by atoms with E-state index in [4.69, 9.17) is 33.2 Å². The smallest absolute Gasteiger partial charge is 0.303 e. The molecule has 14 heteroatoms. The summed E-state index contributed by atoms with van der Waals surface area (Å²) in [6.07, 6.45) is -8.39. The van der Waals surface area contributed by atoms with Crippen molar-refractivity contribution in [2.75, 3.05) is 13.2 Å². The van der Waals surface area contributed by atoms with E-state index in [-0.39, 0.29) is 0 Å². The molecule has 0 aromatic rings. The lowest BCUT2D eigenvalue weighted by Gasteiger charge is -2.37. The summed E-state index contributed by atoms with van der Waals surface area (Å²) in [4.78, 5) is 81.9. The van der Waals surface area contributed by atoms with Crippen LogP contribution < -0.4 is 0 Å². The Morgan fingerprint density at radius 3 is 0.886 bits per heavy atom. The van der Waals surface area contributed by atoms with Gasteiger partial charge in [0.15, 0.2) is 30.5 Å². The average molecular weight is 506 g/mol. The fourth-order valence-electron chi connectivity index (χ4n) is 2.82. The van der Waals surface area contributed by atoms with E-state index in [1.807, 2.05) is 0 Å². The van der Waals surface area contributed by atoms with Crippen molar-refractivity contribution in [1.29, 1.82) is 0 Å². The second-order valence-electron chi connectivity index (χ2n) is 7.12. The van der Waals surface area contributed by atoms with E-state index in [1.54, 1.807) is 0 Å². The average Bonchev–Trinajstić information content (AvgIpc) is 2.68. The van der Waals surface area contributed by atoms with Crippen molar-refractivity contribution in [3.8, 4) is 0 Å². The summed E-state index contributed by atoms with van der Waals surface area (Å²) in [6.45, 7) is 5.78. The Kier molecular flexibility index (Phi) is 13.6. The first-order valence-corrected chi connectivity index (χ1v) is 10.3. The molecule has 0 bridgehead atoms. The number of esters is 7. The SMILES string of the molecule is CC(=O)OC[C@H](OC(C)=O)[C@@H](OC(C)=O)C(OC(C)=O)[C@H](OC(C)=O)[C@H](COC(C)=O)OC(C)=O. The molecule has 0 saturated carbocycles. The van der Waals surface area contributed by atoms with Crippen LogP contribution in [0.3, 0.4) is 0 Å². The van der Waals surface area contributed by atoms with Gasteiger partial charge in [0.1, 0.15) is 13.2 Å². The first-order valence-electron chi connectivity index (χ1n) is 10.3. The van der Waals surface area contributed by atoms with Crippen LogP contribution in [-0.2, 0) is 66.7 Å². The molecule has 35 heavy (non-hydrogen) atoms. The van der Waals surface area contributed by atoms with Gasteiger partial charge < -0.3 is 33.2 Å². The van der Waals surface area contributed by atoms with Crippen molar-refractivity contribution < 1.29 is 66.7 Å². The molecule has 0 radical (unpaired) electrons. The zero-order valence-corrected chi connectivity index (χ0v) is 20.5. The molecule has 0 spiro atoms. The highest BCUT2D eigenvalue weighted by molar-refractivity contribution is 5.70. The Hall–Kier alpha value is -3.71. The quantitative estimate of drug-likeness (QED) is 0.236. The van der Waals surface area contributed by atoms with E-state index in [1.165, 1.54) is 0 Å². The molecular weight excluding hydrogens is 476 g/mol. The Morgan fingerprint density at radius 2 is 0.657 bits per heavy atom. The summed E-state index contributed by atoms with van der Waals surface area (Å²) in [5.74, 6) is -6.19. The van der Waals surface area contributed by atoms with E-state index < -0.39 is 85.5 Å². The molecule has 0 fully saturated rings. The zero-order valence-electron chi connectivity index (χ0n) is 20.5. The maximum Gasteiger partial charge on any atom is 0.303 e. The van der Waals surface area contributed by atoms with Gasteiger partial charge in [0.2, 0.25) is 0 Å². The van der Waals surface area contributed by atoms with Crippen molar-refractivity contribution in [3.63, 3.8) is 0 Å². The summed E-state index contributed by atoms with van der Waals surface area (Å²) in [6, 6.07) is 0. The van der Waals surface area contributed by atoms with Crippen LogP contribution >= 0.6 is 0 Å². The Bertz CT molecular complexity index is 746. The maximum absolute atomic E-state index is 12.0. The third-order valence-corrected chi connectivity index (χ3v) is 3.82. The fourth-order valence-corrected chi connectivity index (χ4v) is 2.82. The minimum absolute atomic E-state index is 0.653. The second kappa shape index (κ2) is 15.2. The third kappa shape index (κ3) is 13.6. The van der Waals surface area contributed by atoms with Gasteiger partial charge >= 0.3 is 41.8 Å². The lowest BCUT2D eigenvalue weighted by molar-refractivity contribution is -0.216. The molecule has 4 atom stereocenters. The number of ether oxygens (including phenoxy) is 7. The summed E-state index contributed by atoms with van der Waals surface area (Å²) in [5.41, 5.74) is 0. The van der Waals surface area contributed by atoms with Crippen LogP contribution in [0.5, 0.6) is 0 Å². The Balaban J connectivity index is 6.75. The molecule has 0 N–H and O–H groups in total. The van der Waals surface area contributed by atoms with E-state index in [0.29, 0.717) is 0 Å². The largest absolute Gasteiger partial charge is 0.462 e. The van der Waals surface area contributed by atoms with E-state index >= 15 is 0 Å². The fraction of sp³-hybridized carbons (Fsp3) is 0.667. The number of carbonyl (C=O) groups is 7. The molecule has 0 rings (SSSR count). The highest BCUT2D eigenvalue weighted by atomic mass is 16.7. The van der Waals surface area contributed by atoms with Gasteiger partial charge in [-0.05, 0) is 0 Å². The molecular formula is C21H30O14. The van der Waals surface area contributed by atoms with Gasteiger partial charge in [-0.3, -0.25) is 33.6 Å². The Labute approximate surface area is 201 Å². The van der Waals surface area contributed by atoms with Gasteiger partial charge in [0.25, 0.3) is 0 Å². The van der Waals surface area contributed by atoms with Gasteiger partial charge in [-0.25, -0.2) is 0 Å². The predicted molar refractivity (Wildman–Crippen MR) is 111 cm³/mol. The zero-order chi connectivity index (χ0) is 27.3. The highest BCUT2D eigenvalue weighted by Gasteiger charge is 2.48. The first kappa shape index (κ1) is 31.3. The van der Waals surface area contributed by atoms with Crippen molar-refractivity contribution in [3.05, 3.63) is 0 Å². The van der Waals surface area contributed by atoms with Crippen molar-refractivity contribution in [1.82, 2.24) is 0 Å². The van der Waals surface area contributed by atoms with Crippen LogP contribution in [0.15, 0.2) is 0 Å². The monoisotopic (exact) mass is 506 g/mol. The van der Waals surface area contributed by atoms with Gasteiger partial charge in [-0.2, -0.15) is 0 Å². The molecule has 0 aromatic carbocycles. The number of hydrogen-bond acceptors (Lipinski definition) is 14. The van der Waals surface area contributed by atoms with Crippen LogP contribution in [-0.4, -0.2) is 85.5 Å². The molecule has 0 aliphatic rings. The first-order chi connectivity index (χ1) is 16.1. The van der Waals surface area contributed by atoms with Crippen LogP contribution in [0.25, 0.3) is 0 Å². The molecule has 0 amide bonds. The minimum Gasteiger partial charge on any atom is -0.462 e. The van der Waals surface area contributed by atoms with Gasteiger partial charge in [0, 0.05) is 48.5 Å². The summed E-state index contributed by atoms with van der Waals surface area (Å²) >= 11 is 0. The predicted octanol–water partition coefficient (Wildman–Crippen LogP) is -0.229. The Morgan fingerprint density at radius 1 is 0.400 bits per heavy atom. The lowest BCUT2D eigenvalue weighted by Crippen LogP contribution is -2.57. The van der Waals surface area contributed by atoms with Crippen molar-refractivity contribution in [2.24, 2.45) is 0 Å². The molecule has 0 unspecified atom stereocenters. The number of rotatable bonds is 13. The molecule has 0 aromatic heterocycles. The highest BCUT2D eigenvalue weighted by Crippen LogP contribution is 2.24. The third-order valence-electron chi connectivity index (χ3n) is 3.82. The standard InChI is InChI=1S/C21H30O14/c1-10(22)29-8-17(31-12(3)24)19(33-14(5)26)21(35-16(7)28)20(34-15(6)27)18(32-13(4)25)9-30-11(2)23/h17-21H,8-9H2,1-7H3/t17-,18-,19+,20+/m0/s1.